The third-order valence-electron chi connectivity index (χ3n) is 2.45. The highest BCUT2D eigenvalue weighted by molar-refractivity contribution is 9.10. The molecule has 0 aromatic heterocycles. The first-order valence-corrected chi connectivity index (χ1v) is 6.23. The summed E-state index contributed by atoms with van der Waals surface area (Å²) in [6.07, 6.45) is 0. The van der Waals surface area contributed by atoms with Gasteiger partial charge in [0, 0.05) is 11.0 Å². The molecular formula is C14H14BrNO. The largest absolute Gasteiger partial charge is 0.489 e. The van der Waals surface area contributed by atoms with Crippen molar-refractivity contribution in [2.24, 2.45) is 5.73 Å². The van der Waals surface area contributed by atoms with E-state index >= 15 is 0 Å². The van der Waals surface area contributed by atoms with Crippen molar-refractivity contribution in [3.63, 3.8) is 0 Å². The van der Waals surface area contributed by atoms with E-state index in [9.17, 15) is 0 Å². The fourth-order valence-corrected chi connectivity index (χ4v) is 1.81. The monoisotopic (exact) mass is 291 g/mol. The number of halogens is 1. The van der Waals surface area contributed by atoms with E-state index in [1.54, 1.807) is 0 Å². The van der Waals surface area contributed by atoms with Crippen LogP contribution in [0.5, 0.6) is 5.75 Å². The molecule has 0 saturated carbocycles. The Bertz CT molecular complexity index is 482. The maximum absolute atomic E-state index is 5.68. The highest BCUT2D eigenvalue weighted by Gasteiger charge is 1.97. The Kier molecular flexibility index (Phi) is 4.18. The third-order valence-corrected chi connectivity index (χ3v) is 2.97. The van der Waals surface area contributed by atoms with Gasteiger partial charge in [-0.1, -0.05) is 40.2 Å². The van der Waals surface area contributed by atoms with Crippen LogP contribution in [0, 0.1) is 0 Å². The standard InChI is InChI=1S/C14H14BrNO/c15-13-4-6-14(7-5-13)17-10-12-3-1-2-11(8-12)9-16/h1-8H,9-10,16H2. The molecule has 88 valence electrons. The number of rotatable bonds is 4. The van der Waals surface area contributed by atoms with Gasteiger partial charge in [0.15, 0.2) is 0 Å². The van der Waals surface area contributed by atoms with Crippen molar-refractivity contribution in [3.05, 3.63) is 64.1 Å². The molecule has 0 fully saturated rings. The Balaban J connectivity index is 1.99. The summed E-state index contributed by atoms with van der Waals surface area (Å²) < 4.78 is 6.74. The maximum atomic E-state index is 5.68. The van der Waals surface area contributed by atoms with E-state index in [1.807, 2.05) is 42.5 Å². The summed E-state index contributed by atoms with van der Waals surface area (Å²) in [6.45, 7) is 1.13. The van der Waals surface area contributed by atoms with Gasteiger partial charge >= 0.3 is 0 Å². The zero-order valence-corrected chi connectivity index (χ0v) is 11.0. The van der Waals surface area contributed by atoms with Crippen LogP contribution in [0.25, 0.3) is 0 Å². The van der Waals surface area contributed by atoms with Gasteiger partial charge in [0.25, 0.3) is 0 Å². The molecule has 0 radical (unpaired) electrons. The maximum Gasteiger partial charge on any atom is 0.119 e. The Labute approximate surface area is 110 Å². The van der Waals surface area contributed by atoms with Crippen LogP contribution in [0.2, 0.25) is 0 Å². The third kappa shape index (κ3) is 3.58. The Morgan fingerprint density at radius 1 is 1.00 bits per heavy atom. The van der Waals surface area contributed by atoms with E-state index in [0.29, 0.717) is 13.2 Å². The van der Waals surface area contributed by atoms with Gasteiger partial charge in [-0.05, 0) is 35.4 Å². The van der Waals surface area contributed by atoms with Crippen LogP contribution in [0.1, 0.15) is 11.1 Å². The summed E-state index contributed by atoms with van der Waals surface area (Å²) in [7, 11) is 0. The molecule has 0 saturated heterocycles. The molecule has 0 aliphatic heterocycles. The fourth-order valence-electron chi connectivity index (χ4n) is 1.54. The average molecular weight is 292 g/mol. The second kappa shape index (κ2) is 5.84. The zero-order valence-electron chi connectivity index (χ0n) is 9.40. The molecule has 0 heterocycles. The number of nitrogens with two attached hydrogens (primary N) is 1. The molecule has 2 nitrogen and oxygen atoms in total. The van der Waals surface area contributed by atoms with Crippen molar-refractivity contribution >= 4 is 15.9 Å². The first-order valence-electron chi connectivity index (χ1n) is 5.44. The summed E-state index contributed by atoms with van der Waals surface area (Å²) in [5.41, 5.74) is 7.86. The molecular weight excluding hydrogens is 278 g/mol. The lowest BCUT2D eigenvalue weighted by Gasteiger charge is -2.07. The Hall–Kier alpha value is -1.32. The van der Waals surface area contributed by atoms with Crippen LogP contribution in [-0.2, 0) is 13.2 Å². The highest BCUT2D eigenvalue weighted by Crippen LogP contribution is 2.17. The molecule has 0 spiro atoms. The van der Waals surface area contributed by atoms with Crippen LogP contribution in [0.15, 0.2) is 53.0 Å². The van der Waals surface area contributed by atoms with Gasteiger partial charge in [-0.2, -0.15) is 0 Å². The van der Waals surface area contributed by atoms with Crippen LogP contribution >= 0.6 is 15.9 Å². The normalized spacial score (nSPS) is 10.2. The van der Waals surface area contributed by atoms with Gasteiger partial charge in [0.1, 0.15) is 12.4 Å². The van der Waals surface area contributed by atoms with Crippen molar-refractivity contribution in [3.8, 4) is 5.75 Å². The molecule has 0 amide bonds. The van der Waals surface area contributed by atoms with E-state index in [2.05, 4.69) is 22.0 Å². The van der Waals surface area contributed by atoms with Crippen molar-refractivity contribution in [2.45, 2.75) is 13.2 Å². The number of hydrogen-bond donors (Lipinski definition) is 1. The van der Waals surface area contributed by atoms with Crippen LogP contribution in [0.4, 0.5) is 0 Å². The van der Waals surface area contributed by atoms with E-state index < -0.39 is 0 Å². The first kappa shape index (κ1) is 12.1. The minimum atomic E-state index is 0.562. The van der Waals surface area contributed by atoms with Crippen LogP contribution in [0.3, 0.4) is 0 Å². The SMILES string of the molecule is NCc1cccc(COc2ccc(Br)cc2)c1. The summed E-state index contributed by atoms with van der Waals surface area (Å²) in [6, 6.07) is 15.9. The molecule has 2 aromatic carbocycles. The van der Waals surface area contributed by atoms with Crippen LogP contribution < -0.4 is 10.5 Å². The van der Waals surface area contributed by atoms with Crippen LogP contribution in [-0.4, -0.2) is 0 Å². The van der Waals surface area contributed by atoms with Gasteiger partial charge in [-0.3, -0.25) is 0 Å². The molecule has 3 heteroatoms. The van der Waals surface area contributed by atoms with Gasteiger partial charge in [-0.25, -0.2) is 0 Å². The smallest absolute Gasteiger partial charge is 0.119 e. The molecule has 0 unspecified atom stereocenters. The highest BCUT2D eigenvalue weighted by atomic mass is 79.9. The summed E-state index contributed by atoms with van der Waals surface area (Å²) in [4.78, 5) is 0. The molecule has 2 N–H and O–H groups in total. The van der Waals surface area contributed by atoms with Gasteiger partial charge in [0.2, 0.25) is 0 Å². The number of hydrogen-bond acceptors (Lipinski definition) is 2. The molecule has 17 heavy (non-hydrogen) atoms. The average Bonchev–Trinajstić information content (AvgIpc) is 2.38. The Morgan fingerprint density at radius 3 is 2.41 bits per heavy atom. The predicted molar refractivity (Wildman–Crippen MR) is 72.8 cm³/mol. The second-order valence-electron chi connectivity index (χ2n) is 3.77. The molecule has 0 aliphatic rings. The van der Waals surface area contributed by atoms with E-state index in [0.717, 1.165) is 21.3 Å². The Morgan fingerprint density at radius 2 is 1.71 bits per heavy atom. The minimum Gasteiger partial charge on any atom is -0.489 e. The molecule has 2 aromatic rings. The van der Waals surface area contributed by atoms with E-state index in [1.165, 1.54) is 0 Å². The zero-order chi connectivity index (χ0) is 12.1. The first-order chi connectivity index (χ1) is 8.28. The van der Waals surface area contributed by atoms with Crippen molar-refractivity contribution < 1.29 is 4.74 Å². The van der Waals surface area contributed by atoms with Gasteiger partial charge in [-0.15, -0.1) is 0 Å². The lowest BCUT2D eigenvalue weighted by molar-refractivity contribution is 0.306. The molecule has 0 aliphatic carbocycles. The summed E-state index contributed by atoms with van der Waals surface area (Å²) in [5, 5.41) is 0. The van der Waals surface area contributed by atoms with E-state index in [4.69, 9.17) is 10.5 Å². The van der Waals surface area contributed by atoms with Gasteiger partial charge < -0.3 is 10.5 Å². The number of ether oxygens (including phenoxy) is 1. The summed E-state index contributed by atoms with van der Waals surface area (Å²) in [5.74, 6) is 0.867. The lowest BCUT2D eigenvalue weighted by atomic mass is 10.1. The lowest BCUT2D eigenvalue weighted by Crippen LogP contribution is -1.99. The minimum absolute atomic E-state index is 0.562. The topological polar surface area (TPSA) is 35.2 Å². The van der Waals surface area contributed by atoms with E-state index in [-0.39, 0.29) is 0 Å². The van der Waals surface area contributed by atoms with Crippen molar-refractivity contribution in [1.29, 1.82) is 0 Å². The number of benzene rings is 2. The fraction of sp³-hybridized carbons (Fsp3) is 0.143. The molecule has 0 atom stereocenters. The molecule has 0 bridgehead atoms. The summed E-state index contributed by atoms with van der Waals surface area (Å²) >= 11 is 3.39. The predicted octanol–water partition coefficient (Wildman–Crippen LogP) is 3.49. The van der Waals surface area contributed by atoms with Gasteiger partial charge in [0.05, 0.1) is 0 Å². The van der Waals surface area contributed by atoms with Crippen molar-refractivity contribution in [1.82, 2.24) is 0 Å². The molecule has 2 rings (SSSR count). The van der Waals surface area contributed by atoms with Crippen molar-refractivity contribution in [2.75, 3.05) is 0 Å². The quantitative estimate of drug-likeness (QED) is 0.936. The second-order valence-corrected chi connectivity index (χ2v) is 4.68.